The summed E-state index contributed by atoms with van der Waals surface area (Å²) in [6.07, 6.45) is 25.1. The molecular formula is C27H50O4. The number of unbranched alkanes of at least 4 members (excludes halogenated alkanes) is 13. The smallest absolute Gasteiger partial charge is 0.305 e. The first-order valence-corrected chi connectivity index (χ1v) is 13.2. The van der Waals surface area contributed by atoms with Gasteiger partial charge in [-0.3, -0.25) is 9.59 Å². The molecule has 0 fully saturated rings. The Labute approximate surface area is 192 Å². The summed E-state index contributed by atoms with van der Waals surface area (Å²) in [4.78, 5) is 23.3. The molecule has 0 aliphatic carbocycles. The highest BCUT2D eigenvalue weighted by Gasteiger charge is 2.06. The zero-order valence-electron chi connectivity index (χ0n) is 20.6. The number of hydrogen-bond donors (Lipinski definition) is 0. The van der Waals surface area contributed by atoms with Crippen molar-refractivity contribution in [3.63, 3.8) is 0 Å². The molecule has 0 bridgehead atoms. The second-order valence-corrected chi connectivity index (χ2v) is 8.56. The summed E-state index contributed by atoms with van der Waals surface area (Å²) in [5, 5.41) is 0. The lowest BCUT2D eigenvalue weighted by molar-refractivity contribution is -0.145. The molecule has 0 aromatic rings. The maximum Gasteiger partial charge on any atom is 0.305 e. The largest absolute Gasteiger partial charge is 0.466 e. The number of carbonyl (C=O) groups excluding carboxylic acids is 2. The minimum atomic E-state index is -0.176. The summed E-state index contributed by atoms with van der Waals surface area (Å²) in [6, 6.07) is 0. The van der Waals surface area contributed by atoms with Gasteiger partial charge < -0.3 is 9.47 Å². The van der Waals surface area contributed by atoms with Crippen molar-refractivity contribution in [2.75, 3.05) is 13.2 Å². The summed E-state index contributed by atoms with van der Waals surface area (Å²) in [6.45, 7) is 5.32. The summed E-state index contributed by atoms with van der Waals surface area (Å²) >= 11 is 0. The van der Waals surface area contributed by atoms with E-state index in [4.69, 9.17) is 9.47 Å². The monoisotopic (exact) mass is 438 g/mol. The van der Waals surface area contributed by atoms with Gasteiger partial charge in [-0.05, 0) is 32.1 Å². The van der Waals surface area contributed by atoms with Gasteiger partial charge in [-0.1, -0.05) is 103 Å². The molecule has 0 N–H and O–H groups in total. The van der Waals surface area contributed by atoms with Gasteiger partial charge >= 0.3 is 11.9 Å². The number of carbonyl (C=O) groups is 2. The van der Waals surface area contributed by atoms with Gasteiger partial charge in [0.05, 0.1) is 13.2 Å². The summed E-state index contributed by atoms with van der Waals surface area (Å²) < 4.78 is 10.4. The molecule has 0 aromatic heterocycles. The lowest BCUT2D eigenvalue weighted by atomic mass is 10.0. The van der Waals surface area contributed by atoms with Crippen LogP contribution in [0.2, 0.25) is 0 Å². The molecule has 0 amide bonds. The standard InChI is InChI=1S/C27H50O4/c1-3-5-7-9-10-11-12-13-14-15-16-17-21-25-31-27(29)23-19-18-22-26(28)30-24-20-8-6-4-2/h6,8H,3-5,7,9-25H2,1-2H3/b8-6+. The van der Waals surface area contributed by atoms with E-state index in [2.05, 4.69) is 19.9 Å². The Morgan fingerprint density at radius 2 is 1.00 bits per heavy atom. The Kier molecular flexibility index (Phi) is 23.9. The van der Waals surface area contributed by atoms with E-state index in [1.165, 1.54) is 70.6 Å². The second kappa shape index (κ2) is 24.9. The van der Waals surface area contributed by atoms with Crippen molar-refractivity contribution < 1.29 is 19.1 Å². The number of allylic oxidation sites excluding steroid dienone is 1. The van der Waals surface area contributed by atoms with Crippen LogP contribution in [0.25, 0.3) is 0 Å². The first kappa shape index (κ1) is 29.7. The highest BCUT2D eigenvalue weighted by molar-refractivity contribution is 5.70. The molecule has 0 radical (unpaired) electrons. The second-order valence-electron chi connectivity index (χ2n) is 8.56. The number of rotatable bonds is 23. The maximum atomic E-state index is 11.7. The zero-order valence-corrected chi connectivity index (χ0v) is 20.6. The molecule has 0 aromatic carbocycles. The third-order valence-corrected chi connectivity index (χ3v) is 5.47. The Bertz CT molecular complexity index is 431. The van der Waals surface area contributed by atoms with Gasteiger partial charge in [-0.25, -0.2) is 0 Å². The predicted molar refractivity (Wildman–Crippen MR) is 130 cm³/mol. The fourth-order valence-electron chi connectivity index (χ4n) is 3.51. The van der Waals surface area contributed by atoms with Crippen LogP contribution in [-0.2, 0) is 19.1 Å². The molecule has 0 saturated carbocycles. The molecule has 4 heteroatoms. The first-order valence-electron chi connectivity index (χ1n) is 13.2. The number of esters is 2. The van der Waals surface area contributed by atoms with Crippen LogP contribution in [0.1, 0.15) is 136 Å². The predicted octanol–water partition coefficient (Wildman–Crippen LogP) is 8.08. The van der Waals surface area contributed by atoms with Crippen molar-refractivity contribution in [3.05, 3.63) is 12.2 Å². The fourth-order valence-corrected chi connectivity index (χ4v) is 3.51. The van der Waals surface area contributed by atoms with Crippen LogP contribution in [-0.4, -0.2) is 25.2 Å². The van der Waals surface area contributed by atoms with E-state index in [0.29, 0.717) is 38.9 Å². The minimum absolute atomic E-state index is 0.142. The Morgan fingerprint density at radius 1 is 0.548 bits per heavy atom. The van der Waals surface area contributed by atoms with Crippen molar-refractivity contribution >= 4 is 11.9 Å². The van der Waals surface area contributed by atoms with E-state index in [1.807, 2.05) is 6.08 Å². The Balaban J connectivity index is 3.27. The van der Waals surface area contributed by atoms with Crippen LogP contribution in [0.3, 0.4) is 0 Å². The molecule has 0 saturated heterocycles. The van der Waals surface area contributed by atoms with Crippen LogP contribution in [0, 0.1) is 0 Å². The minimum Gasteiger partial charge on any atom is -0.466 e. The van der Waals surface area contributed by atoms with E-state index in [9.17, 15) is 9.59 Å². The van der Waals surface area contributed by atoms with Crippen molar-refractivity contribution in [2.45, 2.75) is 136 Å². The summed E-state index contributed by atoms with van der Waals surface area (Å²) in [5.41, 5.74) is 0. The average molecular weight is 439 g/mol. The SMILES string of the molecule is CC/C=C/CCOC(=O)CCCCC(=O)OCCCCCCCCCCCCCCC. The quantitative estimate of drug-likeness (QED) is 0.0919. The van der Waals surface area contributed by atoms with Crippen molar-refractivity contribution in [3.8, 4) is 0 Å². The molecular weight excluding hydrogens is 388 g/mol. The third-order valence-electron chi connectivity index (χ3n) is 5.47. The number of ether oxygens (including phenoxy) is 2. The van der Waals surface area contributed by atoms with E-state index in [-0.39, 0.29) is 11.9 Å². The van der Waals surface area contributed by atoms with Gasteiger partial charge in [0.25, 0.3) is 0 Å². The molecule has 0 aliphatic rings. The van der Waals surface area contributed by atoms with Crippen LogP contribution in [0.4, 0.5) is 0 Å². The molecule has 0 atom stereocenters. The fraction of sp³-hybridized carbons (Fsp3) is 0.852. The maximum absolute atomic E-state index is 11.7. The van der Waals surface area contributed by atoms with Crippen LogP contribution < -0.4 is 0 Å². The van der Waals surface area contributed by atoms with Crippen LogP contribution >= 0.6 is 0 Å². The van der Waals surface area contributed by atoms with Crippen molar-refractivity contribution in [1.29, 1.82) is 0 Å². The molecule has 0 heterocycles. The van der Waals surface area contributed by atoms with E-state index in [0.717, 1.165) is 25.7 Å². The van der Waals surface area contributed by atoms with Crippen LogP contribution in [0.15, 0.2) is 12.2 Å². The van der Waals surface area contributed by atoms with Gasteiger partial charge in [0.15, 0.2) is 0 Å². The molecule has 4 nitrogen and oxygen atoms in total. The summed E-state index contributed by atoms with van der Waals surface area (Å²) in [5.74, 6) is -0.317. The van der Waals surface area contributed by atoms with E-state index >= 15 is 0 Å². The zero-order chi connectivity index (χ0) is 22.8. The molecule has 0 rings (SSSR count). The summed E-state index contributed by atoms with van der Waals surface area (Å²) in [7, 11) is 0. The van der Waals surface area contributed by atoms with E-state index < -0.39 is 0 Å². The van der Waals surface area contributed by atoms with Gasteiger partial charge in [0.1, 0.15) is 0 Å². The first-order chi connectivity index (χ1) is 15.2. The number of hydrogen-bond acceptors (Lipinski definition) is 4. The molecule has 182 valence electrons. The van der Waals surface area contributed by atoms with Crippen LogP contribution in [0.5, 0.6) is 0 Å². The van der Waals surface area contributed by atoms with E-state index in [1.54, 1.807) is 0 Å². The molecule has 31 heavy (non-hydrogen) atoms. The molecule has 0 aliphatic heterocycles. The highest BCUT2D eigenvalue weighted by atomic mass is 16.5. The highest BCUT2D eigenvalue weighted by Crippen LogP contribution is 2.12. The topological polar surface area (TPSA) is 52.6 Å². The average Bonchev–Trinajstić information content (AvgIpc) is 2.77. The Morgan fingerprint density at radius 3 is 1.48 bits per heavy atom. The lowest BCUT2D eigenvalue weighted by Crippen LogP contribution is -2.07. The molecule has 0 unspecified atom stereocenters. The normalized spacial score (nSPS) is 11.2. The van der Waals surface area contributed by atoms with Gasteiger partial charge in [-0.2, -0.15) is 0 Å². The van der Waals surface area contributed by atoms with Gasteiger partial charge in [0, 0.05) is 12.8 Å². The van der Waals surface area contributed by atoms with Crippen molar-refractivity contribution in [1.82, 2.24) is 0 Å². The Hall–Kier alpha value is -1.32. The van der Waals surface area contributed by atoms with Gasteiger partial charge in [0.2, 0.25) is 0 Å². The lowest BCUT2D eigenvalue weighted by Gasteiger charge is -2.06. The van der Waals surface area contributed by atoms with Crippen molar-refractivity contribution in [2.24, 2.45) is 0 Å². The molecule has 0 spiro atoms. The third kappa shape index (κ3) is 24.8. The van der Waals surface area contributed by atoms with Gasteiger partial charge in [-0.15, -0.1) is 0 Å².